The van der Waals surface area contributed by atoms with E-state index in [4.69, 9.17) is 20.8 Å². The van der Waals surface area contributed by atoms with E-state index in [0.29, 0.717) is 18.4 Å². The predicted octanol–water partition coefficient (Wildman–Crippen LogP) is 4.21. The molecule has 0 amide bonds. The van der Waals surface area contributed by atoms with Crippen molar-refractivity contribution >= 4 is 11.6 Å². The van der Waals surface area contributed by atoms with E-state index in [1.165, 1.54) is 25.0 Å². The quantitative estimate of drug-likeness (QED) is 0.868. The zero-order valence-corrected chi connectivity index (χ0v) is 12.5. The Morgan fingerprint density at radius 1 is 1.38 bits per heavy atom. The van der Waals surface area contributed by atoms with Crippen molar-refractivity contribution in [3.05, 3.63) is 52.2 Å². The molecular weight excluding hydrogens is 293 g/mol. The highest BCUT2D eigenvalue weighted by Crippen LogP contribution is 2.24. The second kappa shape index (κ2) is 6.08. The first-order valence-corrected chi connectivity index (χ1v) is 7.39. The lowest BCUT2D eigenvalue weighted by molar-refractivity contribution is 0.267. The predicted molar refractivity (Wildman–Crippen MR) is 79.0 cm³/mol. The van der Waals surface area contributed by atoms with Crippen LogP contribution in [0, 0.1) is 12.7 Å². The summed E-state index contributed by atoms with van der Waals surface area (Å²) >= 11 is 5.71. The highest BCUT2D eigenvalue weighted by Gasteiger charge is 2.21. The van der Waals surface area contributed by atoms with E-state index < -0.39 is 5.82 Å². The number of aryl methyl sites for hydroxylation is 1. The fourth-order valence-corrected chi connectivity index (χ4v) is 2.27. The number of nitrogens with one attached hydrogen (secondary N) is 1. The van der Waals surface area contributed by atoms with Gasteiger partial charge in [0, 0.05) is 24.2 Å². The summed E-state index contributed by atoms with van der Waals surface area (Å²) in [5.41, 5.74) is 1.15. The van der Waals surface area contributed by atoms with Crippen LogP contribution in [-0.2, 0) is 13.2 Å². The lowest BCUT2D eigenvalue weighted by atomic mass is 10.2. The van der Waals surface area contributed by atoms with Crippen LogP contribution < -0.4 is 10.1 Å². The molecule has 0 atom stereocenters. The van der Waals surface area contributed by atoms with Crippen molar-refractivity contribution in [3.63, 3.8) is 0 Å². The molecule has 1 aromatic carbocycles. The Balaban J connectivity index is 1.59. The van der Waals surface area contributed by atoms with Crippen LogP contribution in [0.1, 0.15) is 29.9 Å². The second-order valence-electron chi connectivity index (χ2n) is 5.31. The topological polar surface area (TPSA) is 34.4 Å². The van der Waals surface area contributed by atoms with E-state index in [1.54, 1.807) is 6.07 Å². The molecule has 1 heterocycles. The lowest BCUT2D eigenvalue weighted by Crippen LogP contribution is -2.15. The van der Waals surface area contributed by atoms with Crippen LogP contribution in [-0.4, -0.2) is 6.04 Å². The van der Waals surface area contributed by atoms with Gasteiger partial charge in [-0.3, -0.25) is 0 Å². The first kappa shape index (κ1) is 14.4. The van der Waals surface area contributed by atoms with Gasteiger partial charge in [-0.2, -0.15) is 0 Å². The van der Waals surface area contributed by atoms with Crippen LogP contribution in [0.5, 0.6) is 5.75 Å². The third kappa shape index (κ3) is 3.77. The maximum atomic E-state index is 13.1. The summed E-state index contributed by atoms with van der Waals surface area (Å²) in [5.74, 6) is 1.72. The van der Waals surface area contributed by atoms with E-state index in [1.807, 2.05) is 13.0 Å². The smallest absolute Gasteiger partial charge is 0.146 e. The first-order chi connectivity index (χ1) is 10.1. The van der Waals surface area contributed by atoms with E-state index in [0.717, 1.165) is 23.6 Å². The molecule has 2 aromatic rings. The highest BCUT2D eigenvalue weighted by molar-refractivity contribution is 6.30. The van der Waals surface area contributed by atoms with Gasteiger partial charge in [0.15, 0.2) is 0 Å². The maximum Gasteiger partial charge on any atom is 0.146 e. The molecule has 1 fully saturated rings. The molecule has 3 rings (SSSR count). The van der Waals surface area contributed by atoms with Crippen LogP contribution in [0.3, 0.4) is 0 Å². The molecule has 3 nitrogen and oxygen atoms in total. The number of hydrogen-bond donors (Lipinski definition) is 1. The van der Waals surface area contributed by atoms with E-state index in [9.17, 15) is 4.39 Å². The molecule has 1 aliphatic rings. The first-order valence-electron chi connectivity index (χ1n) is 7.01. The molecule has 21 heavy (non-hydrogen) atoms. The van der Waals surface area contributed by atoms with E-state index >= 15 is 0 Å². The van der Waals surface area contributed by atoms with Crippen molar-refractivity contribution in [1.29, 1.82) is 0 Å². The largest absolute Gasteiger partial charge is 0.486 e. The molecule has 0 spiro atoms. The molecule has 1 aliphatic carbocycles. The normalized spacial score (nSPS) is 14.4. The summed E-state index contributed by atoms with van der Waals surface area (Å²) in [6.07, 6.45) is 2.52. The molecule has 5 heteroatoms. The minimum atomic E-state index is -0.453. The van der Waals surface area contributed by atoms with Gasteiger partial charge < -0.3 is 14.5 Å². The molecule has 0 radical (unpaired) electrons. The van der Waals surface area contributed by atoms with E-state index in [-0.39, 0.29) is 5.02 Å². The highest BCUT2D eigenvalue weighted by atomic mass is 35.5. The van der Waals surface area contributed by atoms with Crippen molar-refractivity contribution in [1.82, 2.24) is 5.32 Å². The number of rotatable bonds is 6. The maximum absolute atomic E-state index is 13.1. The Labute approximate surface area is 128 Å². The number of hydrogen-bond acceptors (Lipinski definition) is 3. The summed E-state index contributed by atoms with van der Waals surface area (Å²) in [6, 6.07) is 6.96. The Bertz CT molecular complexity index is 637. The van der Waals surface area contributed by atoms with Crippen LogP contribution in [0.4, 0.5) is 4.39 Å². The van der Waals surface area contributed by atoms with Gasteiger partial charge in [-0.15, -0.1) is 0 Å². The fourth-order valence-electron chi connectivity index (χ4n) is 2.10. The molecule has 1 aromatic heterocycles. The van der Waals surface area contributed by atoms with Crippen LogP contribution in [0.25, 0.3) is 0 Å². The van der Waals surface area contributed by atoms with Crippen molar-refractivity contribution in [2.45, 2.75) is 39.0 Å². The Morgan fingerprint density at radius 3 is 2.90 bits per heavy atom. The Kier molecular flexibility index (Phi) is 4.17. The average Bonchev–Trinajstić information content (AvgIpc) is 3.22. The summed E-state index contributed by atoms with van der Waals surface area (Å²) in [7, 11) is 0. The Morgan fingerprint density at radius 2 is 2.19 bits per heavy atom. The number of halogens is 2. The molecular formula is C16H17ClFNO2. The van der Waals surface area contributed by atoms with Crippen LogP contribution in [0.15, 0.2) is 28.7 Å². The van der Waals surface area contributed by atoms with Gasteiger partial charge in [0.2, 0.25) is 0 Å². The number of ether oxygens (including phenoxy) is 1. The average molecular weight is 310 g/mol. The van der Waals surface area contributed by atoms with Gasteiger partial charge in [-0.05, 0) is 38.0 Å². The number of furan rings is 1. The molecule has 0 aliphatic heterocycles. The van der Waals surface area contributed by atoms with E-state index in [2.05, 4.69) is 5.32 Å². The van der Waals surface area contributed by atoms with Crippen LogP contribution >= 0.6 is 11.6 Å². The molecule has 1 N–H and O–H groups in total. The molecule has 0 bridgehead atoms. The third-order valence-corrected chi connectivity index (χ3v) is 3.79. The van der Waals surface area contributed by atoms with Crippen molar-refractivity contribution in [2.75, 3.05) is 0 Å². The van der Waals surface area contributed by atoms with Gasteiger partial charge in [-0.1, -0.05) is 11.6 Å². The standard InChI is InChI=1S/C16H17ClFNO2/c1-10-11(8-19-12-2-3-12)6-14(21-10)9-20-13-4-5-16(18)15(17)7-13/h4-7,12,19H,2-3,8-9H2,1H3. The van der Waals surface area contributed by atoms with Gasteiger partial charge in [0.25, 0.3) is 0 Å². The SMILES string of the molecule is Cc1oc(COc2ccc(F)c(Cl)c2)cc1CNC1CC1. The Hall–Kier alpha value is -1.52. The van der Waals surface area contributed by atoms with Crippen molar-refractivity contribution in [2.24, 2.45) is 0 Å². The summed E-state index contributed by atoms with van der Waals surface area (Å²) < 4.78 is 24.3. The molecule has 112 valence electrons. The monoisotopic (exact) mass is 309 g/mol. The van der Waals surface area contributed by atoms with Gasteiger partial charge >= 0.3 is 0 Å². The van der Waals surface area contributed by atoms with Crippen molar-refractivity contribution in [3.8, 4) is 5.75 Å². The second-order valence-corrected chi connectivity index (χ2v) is 5.72. The van der Waals surface area contributed by atoms with Gasteiger partial charge in [-0.25, -0.2) is 4.39 Å². The summed E-state index contributed by atoms with van der Waals surface area (Å²) in [5, 5.41) is 3.51. The summed E-state index contributed by atoms with van der Waals surface area (Å²) in [6.45, 7) is 3.07. The number of benzene rings is 1. The third-order valence-electron chi connectivity index (χ3n) is 3.50. The van der Waals surface area contributed by atoms with Crippen LogP contribution in [0.2, 0.25) is 5.02 Å². The molecule has 0 unspecified atom stereocenters. The molecule has 1 saturated carbocycles. The zero-order chi connectivity index (χ0) is 14.8. The molecule has 0 saturated heterocycles. The minimum Gasteiger partial charge on any atom is -0.486 e. The van der Waals surface area contributed by atoms with Gasteiger partial charge in [0.05, 0.1) is 5.02 Å². The minimum absolute atomic E-state index is 0.0532. The fraction of sp³-hybridized carbons (Fsp3) is 0.375. The summed E-state index contributed by atoms with van der Waals surface area (Å²) in [4.78, 5) is 0. The van der Waals surface area contributed by atoms with Crippen molar-refractivity contribution < 1.29 is 13.5 Å². The van der Waals surface area contributed by atoms with Gasteiger partial charge in [0.1, 0.15) is 29.7 Å². The zero-order valence-electron chi connectivity index (χ0n) is 11.8. The lowest BCUT2D eigenvalue weighted by Gasteiger charge is -2.04.